The molecule has 34 heavy (non-hydrogen) atoms. The number of para-hydroxylation sites is 1. The standard InChI is InChI=1S/C24H21FN8O/c1-26-23(34)18-12-28-33-22(18)31-21(13-8-14(25)11-27-10-13)32-24(33)29-15-6-7-20-17(9-15)16-4-2-3-5-19(16)30-20/h2-5,8,10-12,15,30H,6-7,9H2,1H3,(H,26,34)(H,29,31,32). The number of aryl methyl sites for hydroxylation is 1. The molecule has 170 valence electrons. The third-order valence-electron chi connectivity index (χ3n) is 6.23. The van der Waals surface area contributed by atoms with Crippen LogP contribution in [0.15, 0.2) is 48.9 Å². The number of hydrogen-bond donors (Lipinski definition) is 3. The first-order chi connectivity index (χ1) is 16.6. The molecular formula is C24H21FN8O. The minimum Gasteiger partial charge on any atom is -0.358 e. The summed E-state index contributed by atoms with van der Waals surface area (Å²) in [5, 5.41) is 11.7. The highest BCUT2D eigenvalue weighted by molar-refractivity contribution is 5.99. The van der Waals surface area contributed by atoms with Crippen LogP contribution in [0.1, 0.15) is 28.0 Å². The van der Waals surface area contributed by atoms with Gasteiger partial charge in [-0.25, -0.2) is 9.37 Å². The molecule has 9 nitrogen and oxygen atoms in total. The topological polar surface area (TPSA) is 113 Å². The molecule has 1 aliphatic carbocycles. The molecule has 3 N–H and O–H groups in total. The normalized spacial score (nSPS) is 15.4. The van der Waals surface area contributed by atoms with E-state index < -0.39 is 5.82 Å². The number of nitrogens with one attached hydrogen (secondary N) is 3. The fraction of sp³-hybridized carbons (Fsp3) is 0.208. The van der Waals surface area contributed by atoms with Gasteiger partial charge in [0.15, 0.2) is 11.5 Å². The average molecular weight is 456 g/mol. The van der Waals surface area contributed by atoms with Gasteiger partial charge in [-0.1, -0.05) is 18.2 Å². The van der Waals surface area contributed by atoms with Crippen LogP contribution < -0.4 is 10.6 Å². The van der Waals surface area contributed by atoms with E-state index in [0.717, 1.165) is 31.0 Å². The summed E-state index contributed by atoms with van der Waals surface area (Å²) >= 11 is 0. The fourth-order valence-corrected chi connectivity index (χ4v) is 4.60. The Morgan fingerprint density at radius 3 is 2.94 bits per heavy atom. The molecule has 1 unspecified atom stereocenters. The lowest BCUT2D eigenvalue weighted by molar-refractivity contribution is 0.0964. The van der Waals surface area contributed by atoms with E-state index in [-0.39, 0.29) is 17.8 Å². The van der Waals surface area contributed by atoms with E-state index in [1.165, 1.54) is 39.6 Å². The van der Waals surface area contributed by atoms with E-state index in [4.69, 9.17) is 0 Å². The van der Waals surface area contributed by atoms with Crippen molar-refractivity contribution in [2.75, 3.05) is 12.4 Å². The molecule has 0 saturated carbocycles. The van der Waals surface area contributed by atoms with E-state index >= 15 is 0 Å². The second-order valence-electron chi connectivity index (χ2n) is 8.35. The number of pyridine rings is 1. The summed E-state index contributed by atoms with van der Waals surface area (Å²) in [6.07, 6.45) is 6.68. The first kappa shape index (κ1) is 20.3. The van der Waals surface area contributed by atoms with E-state index in [1.54, 1.807) is 7.05 Å². The molecule has 0 saturated heterocycles. The monoisotopic (exact) mass is 456 g/mol. The Kier molecular flexibility index (Phi) is 4.72. The van der Waals surface area contributed by atoms with Gasteiger partial charge in [0.25, 0.3) is 5.91 Å². The summed E-state index contributed by atoms with van der Waals surface area (Å²) in [4.78, 5) is 29.0. The molecule has 4 aromatic heterocycles. The number of anilines is 1. The van der Waals surface area contributed by atoms with Gasteiger partial charge >= 0.3 is 0 Å². The molecule has 0 aliphatic heterocycles. The highest BCUT2D eigenvalue weighted by atomic mass is 19.1. The largest absolute Gasteiger partial charge is 0.358 e. The van der Waals surface area contributed by atoms with Gasteiger partial charge in [0.2, 0.25) is 5.95 Å². The third kappa shape index (κ3) is 3.35. The number of fused-ring (bicyclic) bond motifs is 4. The maximum atomic E-state index is 13.9. The van der Waals surface area contributed by atoms with Crippen molar-refractivity contribution in [2.45, 2.75) is 25.3 Å². The zero-order valence-electron chi connectivity index (χ0n) is 18.3. The second-order valence-corrected chi connectivity index (χ2v) is 8.35. The molecule has 4 heterocycles. The van der Waals surface area contributed by atoms with Gasteiger partial charge in [-0.2, -0.15) is 14.6 Å². The van der Waals surface area contributed by atoms with Gasteiger partial charge in [0.05, 0.1) is 12.4 Å². The molecule has 0 radical (unpaired) electrons. The van der Waals surface area contributed by atoms with E-state index in [0.29, 0.717) is 22.7 Å². The summed E-state index contributed by atoms with van der Waals surface area (Å²) in [6, 6.07) is 9.71. The number of benzene rings is 1. The lowest BCUT2D eigenvalue weighted by Gasteiger charge is -2.24. The molecule has 1 atom stereocenters. The summed E-state index contributed by atoms with van der Waals surface area (Å²) in [5.74, 6) is -0.109. The third-order valence-corrected chi connectivity index (χ3v) is 6.23. The Bertz CT molecular complexity index is 1560. The van der Waals surface area contributed by atoms with Crippen LogP contribution in [0, 0.1) is 5.82 Å². The Morgan fingerprint density at radius 2 is 2.09 bits per heavy atom. The van der Waals surface area contributed by atoms with Crippen LogP contribution in [0.25, 0.3) is 27.9 Å². The van der Waals surface area contributed by atoms with Gasteiger partial charge in [-0.05, 0) is 37.0 Å². The summed E-state index contributed by atoms with van der Waals surface area (Å²) in [7, 11) is 1.55. The van der Waals surface area contributed by atoms with Crippen LogP contribution in [0.3, 0.4) is 0 Å². The smallest absolute Gasteiger partial charge is 0.256 e. The number of aromatic amines is 1. The maximum absolute atomic E-state index is 13.9. The predicted molar refractivity (Wildman–Crippen MR) is 125 cm³/mol. The van der Waals surface area contributed by atoms with Crippen LogP contribution in [0.2, 0.25) is 0 Å². The van der Waals surface area contributed by atoms with Crippen LogP contribution in [0.5, 0.6) is 0 Å². The van der Waals surface area contributed by atoms with Crippen molar-refractivity contribution in [3.63, 3.8) is 0 Å². The number of nitrogens with zero attached hydrogens (tertiary/aromatic N) is 5. The second kappa shape index (κ2) is 7.91. The number of rotatable bonds is 4. The summed E-state index contributed by atoms with van der Waals surface area (Å²) < 4.78 is 15.4. The first-order valence-corrected chi connectivity index (χ1v) is 11.0. The Hall–Kier alpha value is -4.34. The number of carbonyl (C=O) groups excluding carboxylic acids is 1. The van der Waals surface area contributed by atoms with Crippen LogP contribution in [-0.4, -0.2) is 48.5 Å². The number of aromatic nitrogens is 6. The van der Waals surface area contributed by atoms with Crippen molar-refractivity contribution in [3.05, 3.63) is 71.6 Å². The Labute approximate surface area is 193 Å². The molecular weight excluding hydrogens is 435 g/mol. The van der Waals surface area contributed by atoms with E-state index in [2.05, 4.69) is 47.8 Å². The number of carbonyl (C=O) groups is 1. The minimum atomic E-state index is -0.491. The molecule has 10 heteroatoms. The molecule has 0 fully saturated rings. The van der Waals surface area contributed by atoms with Crippen LogP contribution >= 0.6 is 0 Å². The van der Waals surface area contributed by atoms with Crippen molar-refractivity contribution in [3.8, 4) is 11.4 Å². The molecule has 1 amide bonds. The highest BCUT2D eigenvalue weighted by Crippen LogP contribution is 2.30. The van der Waals surface area contributed by atoms with Crippen LogP contribution in [0.4, 0.5) is 10.3 Å². The summed E-state index contributed by atoms with van der Waals surface area (Å²) in [5.41, 5.74) is 4.75. The molecule has 5 aromatic rings. The van der Waals surface area contributed by atoms with Gasteiger partial charge in [-0.3, -0.25) is 9.78 Å². The Morgan fingerprint density at radius 1 is 1.21 bits per heavy atom. The predicted octanol–water partition coefficient (Wildman–Crippen LogP) is 3.14. The molecule has 0 spiro atoms. The zero-order valence-corrected chi connectivity index (χ0v) is 18.3. The van der Waals surface area contributed by atoms with Crippen molar-refractivity contribution < 1.29 is 9.18 Å². The summed E-state index contributed by atoms with van der Waals surface area (Å²) in [6.45, 7) is 0. The molecule has 1 aliphatic rings. The van der Waals surface area contributed by atoms with Crippen molar-refractivity contribution in [1.82, 2.24) is 34.9 Å². The minimum absolute atomic E-state index is 0.0935. The van der Waals surface area contributed by atoms with Crippen molar-refractivity contribution in [2.24, 2.45) is 0 Å². The zero-order chi connectivity index (χ0) is 23.2. The first-order valence-electron chi connectivity index (χ1n) is 11.0. The number of H-pyrrole nitrogens is 1. The molecule has 6 rings (SSSR count). The van der Waals surface area contributed by atoms with E-state index in [1.807, 2.05) is 12.1 Å². The highest BCUT2D eigenvalue weighted by Gasteiger charge is 2.25. The van der Waals surface area contributed by atoms with Gasteiger partial charge in [0, 0.05) is 41.4 Å². The quantitative estimate of drug-likeness (QED) is 0.383. The van der Waals surface area contributed by atoms with Gasteiger partial charge in [0.1, 0.15) is 11.4 Å². The Balaban J connectivity index is 1.42. The van der Waals surface area contributed by atoms with Crippen LogP contribution in [-0.2, 0) is 12.8 Å². The van der Waals surface area contributed by atoms with Crippen molar-refractivity contribution in [1.29, 1.82) is 0 Å². The average Bonchev–Trinajstić information content (AvgIpc) is 3.45. The van der Waals surface area contributed by atoms with E-state index in [9.17, 15) is 9.18 Å². The fourth-order valence-electron chi connectivity index (χ4n) is 4.60. The maximum Gasteiger partial charge on any atom is 0.256 e. The lowest BCUT2D eigenvalue weighted by atomic mass is 9.91. The lowest BCUT2D eigenvalue weighted by Crippen LogP contribution is -2.29. The van der Waals surface area contributed by atoms with Gasteiger partial charge in [-0.15, -0.1) is 0 Å². The SMILES string of the molecule is CNC(=O)c1cnn2c(NC3CCc4[nH]c5ccccc5c4C3)nc(-c3cncc(F)c3)nc12. The molecule has 0 bridgehead atoms. The molecule has 1 aromatic carbocycles. The number of amides is 1. The van der Waals surface area contributed by atoms with Gasteiger partial charge < -0.3 is 15.6 Å². The number of hydrogen-bond acceptors (Lipinski definition) is 6. The number of halogens is 1. The van der Waals surface area contributed by atoms with Crippen molar-refractivity contribution >= 4 is 28.4 Å².